The van der Waals surface area contributed by atoms with Crippen LogP contribution in [0.1, 0.15) is 18.9 Å². The van der Waals surface area contributed by atoms with E-state index in [9.17, 15) is 9.18 Å². The molecule has 0 spiro atoms. The van der Waals surface area contributed by atoms with Gasteiger partial charge in [-0.25, -0.2) is 4.39 Å². The Bertz CT molecular complexity index is 1090. The van der Waals surface area contributed by atoms with Gasteiger partial charge in [0.25, 0.3) is 0 Å². The molecule has 4 rings (SSSR count). The van der Waals surface area contributed by atoms with E-state index in [1.165, 1.54) is 29.6 Å². The molecule has 2 heterocycles. The zero-order chi connectivity index (χ0) is 21.6. The Hall–Kier alpha value is -2.85. The number of carbonyl (C=O) groups is 1. The van der Waals surface area contributed by atoms with Crippen LogP contribution in [-0.4, -0.2) is 43.9 Å². The summed E-state index contributed by atoms with van der Waals surface area (Å²) < 4.78 is 21.7. The van der Waals surface area contributed by atoms with Gasteiger partial charge in [-0.15, -0.1) is 10.2 Å². The van der Waals surface area contributed by atoms with Crippen LogP contribution in [0.5, 0.6) is 5.75 Å². The first-order chi connectivity index (χ1) is 15.1. The Kier molecular flexibility index (Phi) is 6.88. The van der Waals surface area contributed by atoms with Gasteiger partial charge in [-0.1, -0.05) is 53.9 Å². The summed E-state index contributed by atoms with van der Waals surface area (Å²) in [5, 5.41) is 12.6. The van der Waals surface area contributed by atoms with E-state index in [2.05, 4.69) is 20.5 Å². The Morgan fingerprint density at radius 3 is 2.74 bits per heavy atom. The summed E-state index contributed by atoms with van der Waals surface area (Å²) in [6, 6.07) is 15.8. The number of nitrogens with zero attached hydrogens (tertiary/aromatic N) is 4. The molecule has 1 aromatic heterocycles. The Morgan fingerprint density at radius 2 is 2.00 bits per heavy atom. The van der Waals surface area contributed by atoms with E-state index >= 15 is 0 Å². The van der Waals surface area contributed by atoms with Gasteiger partial charge in [0.05, 0.1) is 12.3 Å². The number of hydrogen-bond acceptors (Lipinski definition) is 7. The first-order valence-corrected chi connectivity index (χ1v) is 11.6. The van der Waals surface area contributed by atoms with Crippen LogP contribution in [0.2, 0.25) is 0 Å². The Morgan fingerprint density at radius 1 is 1.23 bits per heavy atom. The van der Waals surface area contributed by atoms with Crippen molar-refractivity contribution < 1.29 is 13.9 Å². The van der Waals surface area contributed by atoms with E-state index in [1.807, 2.05) is 34.9 Å². The molecule has 0 saturated heterocycles. The molecule has 0 radical (unpaired) electrons. The van der Waals surface area contributed by atoms with Gasteiger partial charge < -0.3 is 10.1 Å². The molecule has 1 atom stereocenters. The molecule has 1 aliphatic heterocycles. The highest BCUT2D eigenvalue weighted by Gasteiger charge is 2.22. The molecule has 1 N–H and O–H groups in total. The number of aromatic nitrogens is 3. The van der Waals surface area contributed by atoms with Gasteiger partial charge in [-0.2, -0.15) is 0 Å². The fourth-order valence-electron chi connectivity index (χ4n) is 2.94. The summed E-state index contributed by atoms with van der Waals surface area (Å²) in [7, 11) is 0. The number of aliphatic imine (C=N–C) groups is 1. The molecule has 0 bridgehead atoms. The maximum atomic E-state index is 14.0. The molecule has 160 valence electrons. The van der Waals surface area contributed by atoms with Gasteiger partial charge >= 0.3 is 0 Å². The maximum absolute atomic E-state index is 14.0. The lowest BCUT2D eigenvalue weighted by Gasteiger charge is -2.17. The van der Waals surface area contributed by atoms with E-state index in [0.717, 1.165) is 18.0 Å². The second-order valence-corrected chi connectivity index (χ2v) is 8.60. The average molecular weight is 458 g/mol. The number of benzene rings is 2. The molecule has 0 aliphatic carbocycles. The van der Waals surface area contributed by atoms with Gasteiger partial charge in [-0.3, -0.25) is 14.4 Å². The molecule has 1 aliphatic rings. The number of rotatable bonds is 7. The summed E-state index contributed by atoms with van der Waals surface area (Å²) in [4.78, 5) is 16.5. The Labute approximate surface area is 187 Å². The second-order valence-electron chi connectivity index (χ2n) is 6.57. The topological polar surface area (TPSA) is 81.4 Å². The molecule has 2 aromatic carbocycles. The highest BCUT2D eigenvalue weighted by Crippen LogP contribution is 2.28. The monoisotopic (exact) mass is 457 g/mol. The van der Waals surface area contributed by atoms with Crippen LogP contribution in [0.15, 0.2) is 64.7 Å². The van der Waals surface area contributed by atoms with Crippen LogP contribution < -0.4 is 10.1 Å². The zero-order valence-electron chi connectivity index (χ0n) is 16.7. The minimum atomic E-state index is -0.572. The second kappa shape index (κ2) is 9.97. The third-order valence-electron chi connectivity index (χ3n) is 4.34. The number of nitrogens with one attached hydrogen (secondary N) is 1. The predicted octanol–water partition coefficient (Wildman–Crippen LogP) is 3.86. The maximum Gasteiger partial charge on any atom is 0.236 e. The minimum Gasteiger partial charge on any atom is -0.480 e. The van der Waals surface area contributed by atoms with Crippen LogP contribution in [0.25, 0.3) is 5.69 Å². The van der Waals surface area contributed by atoms with Gasteiger partial charge in [0.2, 0.25) is 5.91 Å². The van der Waals surface area contributed by atoms with Crippen LogP contribution >= 0.6 is 23.5 Å². The van der Waals surface area contributed by atoms with Crippen LogP contribution in [-0.2, 0) is 4.79 Å². The molecular formula is C21H20FN5O2S2. The molecule has 1 unspecified atom stereocenters. The third-order valence-corrected chi connectivity index (χ3v) is 6.16. The standard InChI is InChI=1S/C21H20FN5O2S2/c1-14(29-17-10-6-5-9-16(17)22)19-25-26-21(27(19)15-7-3-2-4-8-15)31-13-18(28)24-20-23-11-12-30-20/h2-10,14H,11-13H2,1H3,(H,23,24,28). The fourth-order valence-corrected chi connectivity index (χ4v) is 4.44. The zero-order valence-corrected chi connectivity index (χ0v) is 18.3. The number of amides is 1. The van der Waals surface area contributed by atoms with Gasteiger partial charge in [-0.05, 0) is 31.2 Å². The number of ether oxygens (including phenoxy) is 1. The van der Waals surface area contributed by atoms with Gasteiger partial charge in [0.15, 0.2) is 33.8 Å². The van der Waals surface area contributed by atoms with E-state index in [1.54, 1.807) is 25.1 Å². The number of halogens is 1. The normalized spacial score (nSPS) is 14.2. The molecule has 0 fully saturated rings. The fraction of sp³-hybridized carbons (Fsp3) is 0.238. The molecule has 31 heavy (non-hydrogen) atoms. The quantitative estimate of drug-likeness (QED) is 0.543. The first kappa shape index (κ1) is 21.4. The molecule has 10 heteroatoms. The molecular weight excluding hydrogens is 437 g/mol. The summed E-state index contributed by atoms with van der Waals surface area (Å²) in [6.07, 6.45) is -0.572. The van der Waals surface area contributed by atoms with E-state index < -0.39 is 11.9 Å². The number of thioether (sulfide) groups is 2. The molecule has 0 saturated carbocycles. The third kappa shape index (κ3) is 5.26. The lowest BCUT2D eigenvalue weighted by Crippen LogP contribution is -2.29. The highest BCUT2D eigenvalue weighted by molar-refractivity contribution is 8.14. The summed E-state index contributed by atoms with van der Waals surface area (Å²) in [5.74, 6) is 1.09. The van der Waals surface area contributed by atoms with Gasteiger partial charge in [0, 0.05) is 11.4 Å². The largest absolute Gasteiger partial charge is 0.480 e. The molecule has 7 nitrogen and oxygen atoms in total. The van der Waals surface area contributed by atoms with E-state index in [-0.39, 0.29) is 17.4 Å². The van der Waals surface area contributed by atoms with Crippen molar-refractivity contribution >= 4 is 34.6 Å². The van der Waals surface area contributed by atoms with Gasteiger partial charge in [0.1, 0.15) is 0 Å². The number of para-hydroxylation sites is 2. The number of amidine groups is 1. The van der Waals surface area contributed by atoms with E-state index in [0.29, 0.717) is 16.1 Å². The summed E-state index contributed by atoms with van der Waals surface area (Å²) in [6.45, 7) is 2.51. The van der Waals surface area contributed by atoms with Crippen LogP contribution in [0.4, 0.5) is 4.39 Å². The van der Waals surface area contributed by atoms with Crippen molar-refractivity contribution in [3.8, 4) is 11.4 Å². The van der Waals surface area contributed by atoms with Crippen molar-refractivity contribution in [1.82, 2.24) is 20.1 Å². The molecule has 3 aromatic rings. The summed E-state index contributed by atoms with van der Waals surface area (Å²) >= 11 is 2.80. The number of hydrogen-bond donors (Lipinski definition) is 1. The highest BCUT2D eigenvalue weighted by atomic mass is 32.2. The van der Waals surface area contributed by atoms with Crippen LogP contribution in [0, 0.1) is 5.82 Å². The lowest BCUT2D eigenvalue weighted by atomic mass is 10.3. The Balaban J connectivity index is 1.55. The predicted molar refractivity (Wildman–Crippen MR) is 120 cm³/mol. The number of carbonyl (C=O) groups excluding carboxylic acids is 1. The SMILES string of the molecule is CC(Oc1ccccc1F)c1nnc(SCC(=O)NC2=NCCS2)n1-c1ccccc1. The van der Waals surface area contributed by atoms with Crippen molar-refractivity contribution in [1.29, 1.82) is 0 Å². The van der Waals surface area contributed by atoms with Crippen molar-refractivity contribution in [2.45, 2.75) is 18.2 Å². The van der Waals surface area contributed by atoms with Crippen molar-refractivity contribution in [2.24, 2.45) is 4.99 Å². The van der Waals surface area contributed by atoms with Crippen molar-refractivity contribution in [3.63, 3.8) is 0 Å². The smallest absolute Gasteiger partial charge is 0.236 e. The lowest BCUT2D eigenvalue weighted by molar-refractivity contribution is -0.117. The van der Waals surface area contributed by atoms with E-state index in [4.69, 9.17) is 4.74 Å². The first-order valence-electron chi connectivity index (χ1n) is 9.63. The van der Waals surface area contributed by atoms with Crippen molar-refractivity contribution in [3.05, 3.63) is 66.2 Å². The summed E-state index contributed by atoms with van der Waals surface area (Å²) in [5.41, 5.74) is 0.824. The van der Waals surface area contributed by atoms with Crippen molar-refractivity contribution in [2.75, 3.05) is 18.1 Å². The minimum absolute atomic E-state index is 0.140. The molecule has 1 amide bonds. The average Bonchev–Trinajstić information content (AvgIpc) is 3.44. The van der Waals surface area contributed by atoms with Crippen LogP contribution in [0.3, 0.4) is 0 Å².